The highest BCUT2D eigenvalue weighted by Gasteiger charge is 2.34. The quantitative estimate of drug-likeness (QED) is 0.335. The molecular formula is C31H38ClN3O5S. The number of halogens is 1. The van der Waals surface area contributed by atoms with Crippen LogP contribution in [0.3, 0.4) is 0 Å². The molecule has 0 saturated carbocycles. The number of methoxy groups -OCH3 is 1. The number of nitrogens with zero attached hydrogens (tertiary/aromatic N) is 2. The van der Waals surface area contributed by atoms with Gasteiger partial charge < -0.3 is 15.0 Å². The number of anilines is 1. The molecule has 8 nitrogen and oxygen atoms in total. The molecule has 0 radical (unpaired) electrons. The van der Waals surface area contributed by atoms with E-state index in [2.05, 4.69) is 5.32 Å². The van der Waals surface area contributed by atoms with Crippen molar-refractivity contribution in [3.05, 3.63) is 94.5 Å². The molecule has 2 amide bonds. The highest BCUT2D eigenvalue weighted by Crippen LogP contribution is 2.30. The first-order valence-electron chi connectivity index (χ1n) is 13.2. The fourth-order valence-electron chi connectivity index (χ4n) is 4.32. The van der Waals surface area contributed by atoms with Gasteiger partial charge in [-0.05, 0) is 57.0 Å². The minimum absolute atomic E-state index is 0.106. The molecule has 0 saturated heterocycles. The third-order valence-corrected chi connectivity index (χ3v) is 7.78. The van der Waals surface area contributed by atoms with Crippen LogP contribution in [0.25, 0.3) is 0 Å². The Bertz CT molecular complexity index is 1460. The van der Waals surface area contributed by atoms with Crippen molar-refractivity contribution in [2.24, 2.45) is 0 Å². The fraction of sp³-hybridized carbons (Fsp3) is 0.355. The lowest BCUT2D eigenvalue weighted by Gasteiger charge is -2.35. The maximum atomic E-state index is 14.1. The van der Waals surface area contributed by atoms with E-state index in [0.29, 0.717) is 5.75 Å². The van der Waals surface area contributed by atoms with E-state index in [0.717, 1.165) is 27.3 Å². The number of benzene rings is 3. The monoisotopic (exact) mass is 599 g/mol. The zero-order chi connectivity index (χ0) is 30.4. The largest absolute Gasteiger partial charge is 0.495 e. The molecule has 0 aliphatic heterocycles. The Morgan fingerprint density at radius 2 is 1.61 bits per heavy atom. The molecule has 41 heavy (non-hydrogen) atoms. The average molecular weight is 600 g/mol. The molecule has 1 atom stereocenters. The molecule has 3 aromatic carbocycles. The van der Waals surface area contributed by atoms with Gasteiger partial charge in [-0.25, -0.2) is 8.42 Å². The van der Waals surface area contributed by atoms with E-state index >= 15 is 0 Å². The normalized spacial score (nSPS) is 12.4. The van der Waals surface area contributed by atoms with E-state index in [9.17, 15) is 18.0 Å². The summed E-state index contributed by atoms with van der Waals surface area (Å²) in [7, 11) is -2.45. The summed E-state index contributed by atoms with van der Waals surface area (Å²) >= 11 is 6.29. The Hall–Kier alpha value is -3.56. The molecule has 0 spiro atoms. The minimum Gasteiger partial charge on any atom is -0.495 e. The second-order valence-electron chi connectivity index (χ2n) is 11.0. The molecule has 0 unspecified atom stereocenters. The number of hydrogen-bond acceptors (Lipinski definition) is 5. The van der Waals surface area contributed by atoms with Gasteiger partial charge in [0, 0.05) is 18.5 Å². The summed E-state index contributed by atoms with van der Waals surface area (Å²) in [5.74, 6) is -0.494. The Morgan fingerprint density at radius 3 is 2.15 bits per heavy atom. The number of hydrogen-bond donors (Lipinski definition) is 1. The van der Waals surface area contributed by atoms with Crippen LogP contribution in [0.4, 0.5) is 5.69 Å². The second-order valence-corrected chi connectivity index (χ2v) is 13.4. The average Bonchev–Trinajstić information content (AvgIpc) is 2.89. The van der Waals surface area contributed by atoms with Gasteiger partial charge in [-0.1, -0.05) is 71.8 Å². The first-order valence-corrected chi connectivity index (χ1v) is 15.4. The smallest absolute Gasteiger partial charge is 0.244 e. The molecule has 0 fully saturated rings. The maximum Gasteiger partial charge on any atom is 0.244 e. The summed E-state index contributed by atoms with van der Waals surface area (Å²) in [4.78, 5) is 29.4. The van der Waals surface area contributed by atoms with E-state index < -0.39 is 34.1 Å². The zero-order valence-electron chi connectivity index (χ0n) is 24.3. The molecule has 3 aromatic rings. The van der Waals surface area contributed by atoms with Crippen molar-refractivity contribution in [2.45, 2.75) is 52.2 Å². The van der Waals surface area contributed by atoms with Gasteiger partial charge >= 0.3 is 0 Å². The van der Waals surface area contributed by atoms with Gasteiger partial charge in [0.2, 0.25) is 21.8 Å². The number of carbonyl (C=O) groups is 2. The molecule has 10 heteroatoms. The van der Waals surface area contributed by atoms with Gasteiger partial charge in [0.15, 0.2) is 0 Å². The molecule has 0 aromatic heterocycles. The summed E-state index contributed by atoms with van der Waals surface area (Å²) in [6.07, 6.45) is 1.27. The topological polar surface area (TPSA) is 96.0 Å². The first kappa shape index (κ1) is 32.0. The van der Waals surface area contributed by atoms with Crippen molar-refractivity contribution in [3.63, 3.8) is 0 Å². The summed E-state index contributed by atoms with van der Waals surface area (Å²) < 4.78 is 32.1. The standard InChI is InChI=1S/C31H38ClN3O5S/c1-22-12-14-24(15-13-22)20-34(27(30(37)33-31(2,3)4)18-23-10-8-7-9-11-23)29(36)21-35(41(6,38)39)25-16-17-28(40-5)26(32)19-25/h7-17,19,27H,18,20-21H2,1-6H3,(H,33,37)/t27-/m1/s1. The van der Waals surface area contributed by atoms with Gasteiger partial charge in [0.05, 0.1) is 24.1 Å². The Kier molecular flexibility index (Phi) is 10.4. The van der Waals surface area contributed by atoms with Crippen LogP contribution in [0.2, 0.25) is 5.02 Å². The molecule has 0 bridgehead atoms. The van der Waals surface area contributed by atoms with Gasteiger partial charge in [-0.2, -0.15) is 0 Å². The predicted octanol–water partition coefficient (Wildman–Crippen LogP) is 4.98. The lowest BCUT2D eigenvalue weighted by Crippen LogP contribution is -2.56. The van der Waals surface area contributed by atoms with Crippen LogP contribution >= 0.6 is 11.6 Å². The first-order chi connectivity index (χ1) is 19.2. The zero-order valence-corrected chi connectivity index (χ0v) is 25.9. The van der Waals surface area contributed by atoms with Crippen molar-refractivity contribution in [3.8, 4) is 5.75 Å². The molecule has 0 aliphatic rings. The molecule has 0 heterocycles. The van der Waals surface area contributed by atoms with Crippen LogP contribution in [0.1, 0.15) is 37.5 Å². The molecule has 0 aliphatic carbocycles. The maximum absolute atomic E-state index is 14.1. The molecule has 220 valence electrons. The van der Waals surface area contributed by atoms with Gasteiger partial charge in [0.25, 0.3) is 0 Å². The Morgan fingerprint density at radius 1 is 0.976 bits per heavy atom. The number of rotatable bonds is 11. The molecular weight excluding hydrogens is 562 g/mol. The minimum atomic E-state index is -3.91. The highest BCUT2D eigenvalue weighted by atomic mass is 35.5. The van der Waals surface area contributed by atoms with Crippen molar-refractivity contribution < 1.29 is 22.7 Å². The Labute approximate surface area is 248 Å². The number of amides is 2. The number of aryl methyl sites for hydroxylation is 1. The van der Waals surface area contributed by atoms with Crippen LogP contribution in [0.15, 0.2) is 72.8 Å². The summed E-state index contributed by atoms with van der Waals surface area (Å²) in [6.45, 7) is 7.16. The van der Waals surface area contributed by atoms with Gasteiger partial charge in [-0.15, -0.1) is 0 Å². The third-order valence-electron chi connectivity index (χ3n) is 6.35. The van der Waals surface area contributed by atoms with Crippen LogP contribution < -0.4 is 14.4 Å². The Balaban J connectivity index is 2.08. The summed E-state index contributed by atoms with van der Waals surface area (Å²) in [6, 6.07) is 20.7. The van der Waals surface area contributed by atoms with Crippen LogP contribution in [-0.4, -0.2) is 56.6 Å². The number of carbonyl (C=O) groups excluding carboxylic acids is 2. The van der Waals surface area contributed by atoms with Gasteiger partial charge in [0.1, 0.15) is 18.3 Å². The predicted molar refractivity (Wildman–Crippen MR) is 164 cm³/mol. The van der Waals surface area contributed by atoms with Crippen molar-refractivity contribution in [1.29, 1.82) is 0 Å². The van der Waals surface area contributed by atoms with E-state index in [1.54, 1.807) is 6.07 Å². The lowest BCUT2D eigenvalue weighted by molar-refractivity contribution is -0.140. The van der Waals surface area contributed by atoms with E-state index in [1.165, 1.54) is 24.1 Å². The fourth-order valence-corrected chi connectivity index (χ4v) is 5.41. The van der Waals surface area contributed by atoms with Crippen LogP contribution in [-0.2, 0) is 32.6 Å². The van der Waals surface area contributed by atoms with E-state index in [1.807, 2.05) is 82.3 Å². The summed E-state index contributed by atoms with van der Waals surface area (Å²) in [5.41, 5.74) is 2.39. The number of ether oxygens (including phenoxy) is 1. The van der Waals surface area contributed by atoms with Gasteiger partial charge in [-0.3, -0.25) is 13.9 Å². The van der Waals surface area contributed by atoms with E-state index in [4.69, 9.17) is 16.3 Å². The van der Waals surface area contributed by atoms with E-state index in [-0.39, 0.29) is 29.6 Å². The van der Waals surface area contributed by atoms with Crippen molar-refractivity contribution in [1.82, 2.24) is 10.2 Å². The van der Waals surface area contributed by atoms with Crippen molar-refractivity contribution in [2.75, 3.05) is 24.2 Å². The highest BCUT2D eigenvalue weighted by molar-refractivity contribution is 7.92. The SMILES string of the molecule is COc1ccc(N(CC(=O)N(Cc2ccc(C)cc2)[C@H](Cc2ccccc2)C(=O)NC(C)(C)C)S(C)(=O)=O)cc1Cl. The summed E-state index contributed by atoms with van der Waals surface area (Å²) in [5, 5.41) is 3.21. The second kappa shape index (κ2) is 13.4. The van der Waals surface area contributed by atoms with Crippen molar-refractivity contribution >= 4 is 39.1 Å². The van der Waals surface area contributed by atoms with Crippen LogP contribution in [0.5, 0.6) is 5.75 Å². The third kappa shape index (κ3) is 9.23. The lowest BCUT2D eigenvalue weighted by atomic mass is 10.0. The molecule has 1 N–H and O–H groups in total. The number of nitrogens with one attached hydrogen (secondary N) is 1. The number of sulfonamides is 1. The molecule has 3 rings (SSSR count). The van der Waals surface area contributed by atoms with Crippen LogP contribution in [0, 0.1) is 6.92 Å².